The Morgan fingerprint density at radius 3 is 2.15 bits per heavy atom. The van der Waals surface area contributed by atoms with Gasteiger partial charge < -0.3 is 5.11 Å². The summed E-state index contributed by atoms with van der Waals surface area (Å²) in [5.41, 5.74) is 1.96. The molecule has 0 atom stereocenters. The minimum atomic E-state index is -0.215. The van der Waals surface area contributed by atoms with Crippen LogP contribution in [0, 0.1) is 0 Å². The van der Waals surface area contributed by atoms with Crippen molar-refractivity contribution < 1.29 is 9.90 Å². The van der Waals surface area contributed by atoms with Gasteiger partial charge in [-0.1, -0.05) is 76.6 Å². The summed E-state index contributed by atoms with van der Waals surface area (Å²) in [4.78, 5) is 12.8. The van der Waals surface area contributed by atoms with E-state index in [1.807, 2.05) is 36.4 Å². The number of hydrogen-bond donors (Lipinski definition) is 1. The first-order valence-electron chi connectivity index (χ1n) is 7.90. The van der Waals surface area contributed by atoms with Crippen LogP contribution < -0.4 is 0 Å². The summed E-state index contributed by atoms with van der Waals surface area (Å²) in [6, 6.07) is 23.1. The molecule has 0 heterocycles. The monoisotopic (exact) mass is 406 g/mol. The van der Waals surface area contributed by atoms with Crippen LogP contribution in [0.5, 0.6) is 5.75 Å². The van der Waals surface area contributed by atoms with Crippen molar-refractivity contribution in [3.63, 3.8) is 0 Å². The Kier molecular flexibility index (Phi) is 5.71. The maximum absolute atomic E-state index is 12.8. The minimum absolute atomic E-state index is 0.0859. The van der Waals surface area contributed by atoms with E-state index in [4.69, 9.17) is 0 Å². The highest BCUT2D eigenvalue weighted by molar-refractivity contribution is 9.10. The summed E-state index contributed by atoms with van der Waals surface area (Å²) in [6.07, 6.45) is 1.42. The number of phenolic OH excluding ortho intramolecular Hbond substituents is 1. The average Bonchev–Trinajstić information content (AvgIpc) is 2.69. The fraction of sp³-hybridized carbons (Fsp3) is 0. The Balaban J connectivity index is 1.98. The van der Waals surface area contributed by atoms with Gasteiger partial charge in [0.15, 0.2) is 0 Å². The molecule has 0 radical (unpaired) electrons. The maximum Gasteiger partial charge on any atom is 0.213 e. The molecule has 128 valence electrons. The fourth-order valence-corrected chi connectivity index (χ4v) is 2.71. The Hall–Kier alpha value is -3.05. The van der Waals surface area contributed by atoms with Gasteiger partial charge in [0.05, 0.1) is 6.21 Å². The van der Waals surface area contributed by atoms with Crippen LogP contribution in [0.3, 0.4) is 0 Å². The van der Waals surface area contributed by atoms with E-state index in [2.05, 4.69) is 26.1 Å². The molecule has 0 bridgehead atoms. The zero-order chi connectivity index (χ0) is 18.4. The third-order valence-electron chi connectivity index (χ3n) is 3.64. The third-order valence-corrected chi connectivity index (χ3v) is 4.14. The van der Waals surface area contributed by atoms with Gasteiger partial charge in [0.2, 0.25) is 5.78 Å². The number of carbonyl (C=O) groups is 1. The van der Waals surface area contributed by atoms with Gasteiger partial charge in [-0.15, -0.1) is 5.10 Å². The molecule has 3 aromatic carbocycles. The van der Waals surface area contributed by atoms with E-state index >= 15 is 0 Å². The Labute approximate surface area is 159 Å². The van der Waals surface area contributed by atoms with Gasteiger partial charge in [-0.25, -0.2) is 0 Å². The summed E-state index contributed by atoms with van der Waals surface area (Å²) in [7, 11) is 0. The predicted octanol–water partition coefficient (Wildman–Crippen LogP) is 4.86. The van der Waals surface area contributed by atoms with Crippen molar-refractivity contribution in [2.45, 2.75) is 0 Å². The standard InChI is InChI=1S/C21H15BrN2O2/c22-18-11-12-19(25)17(13-18)14-23-24-20(15-7-3-1-4-8-15)21(26)16-9-5-2-6-10-16/h1-14,25H/b23-14+,24-20-. The van der Waals surface area contributed by atoms with Gasteiger partial charge in [0.25, 0.3) is 0 Å². The first-order valence-corrected chi connectivity index (χ1v) is 8.69. The SMILES string of the molecule is O=C(/C(=N\N=C\c1cc(Br)ccc1O)c1ccccc1)c1ccccc1. The molecule has 0 aliphatic rings. The molecule has 0 saturated carbocycles. The summed E-state index contributed by atoms with van der Waals surface area (Å²) in [5.74, 6) is -0.129. The van der Waals surface area contributed by atoms with Gasteiger partial charge in [0.1, 0.15) is 11.5 Å². The molecule has 0 fully saturated rings. The number of benzene rings is 3. The molecule has 1 N–H and O–H groups in total. The van der Waals surface area contributed by atoms with E-state index in [1.54, 1.807) is 42.5 Å². The quantitative estimate of drug-likeness (QED) is 0.373. The zero-order valence-electron chi connectivity index (χ0n) is 13.7. The highest BCUT2D eigenvalue weighted by Crippen LogP contribution is 2.20. The van der Waals surface area contributed by atoms with Gasteiger partial charge in [-0.2, -0.15) is 5.10 Å². The topological polar surface area (TPSA) is 62.0 Å². The molecule has 0 unspecified atom stereocenters. The van der Waals surface area contributed by atoms with E-state index in [9.17, 15) is 9.90 Å². The molecule has 0 amide bonds. The van der Waals surface area contributed by atoms with Crippen molar-refractivity contribution in [2.24, 2.45) is 10.2 Å². The van der Waals surface area contributed by atoms with Crippen LogP contribution in [-0.2, 0) is 0 Å². The van der Waals surface area contributed by atoms with E-state index < -0.39 is 0 Å². The van der Waals surface area contributed by atoms with Crippen molar-refractivity contribution in [3.8, 4) is 5.75 Å². The molecule has 0 spiro atoms. The number of ketones is 1. The summed E-state index contributed by atoms with van der Waals surface area (Å²) in [5, 5.41) is 18.1. The molecule has 5 heteroatoms. The van der Waals surface area contributed by atoms with E-state index in [1.165, 1.54) is 6.21 Å². The van der Waals surface area contributed by atoms with E-state index in [0.717, 1.165) is 4.47 Å². The molecule has 26 heavy (non-hydrogen) atoms. The molecule has 3 aromatic rings. The minimum Gasteiger partial charge on any atom is -0.507 e. The third kappa shape index (κ3) is 4.32. The van der Waals surface area contributed by atoms with Crippen LogP contribution in [0.1, 0.15) is 21.5 Å². The highest BCUT2D eigenvalue weighted by atomic mass is 79.9. The van der Waals surface area contributed by atoms with Crippen LogP contribution in [0.2, 0.25) is 0 Å². The van der Waals surface area contributed by atoms with Crippen LogP contribution in [0.25, 0.3) is 0 Å². The molecule has 0 aliphatic carbocycles. The molecular weight excluding hydrogens is 392 g/mol. The smallest absolute Gasteiger partial charge is 0.213 e. The number of phenols is 1. The number of aromatic hydroxyl groups is 1. The molecule has 0 aromatic heterocycles. The molecule has 4 nitrogen and oxygen atoms in total. The van der Waals surface area contributed by atoms with E-state index in [0.29, 0.717) is 16.7 Å². The van der Waals surface area contributed by atoms with E-state index in [-0.39, 0.29) is 17.2 Å². The molecule has 0 saturated heterocycles. The molecule has 0 aliphatic heterocycles. The number of rotatable bonds is 5. The molecular formula is C21H15BrN2O2. The first kappa shape index (κ1) is 17.8. The first-order chi connectivity index (χ1) is 12.6. The lowest BCUT2D eigenvalue weighted by Gasteiger charge is -2.04. The number of hydrogen-bond acceptors (Lipinski definition) is 4. The summed E-state index contributed by atoms with van der Waals surface area (Å²) < 4.78 is 0.810. The Morgan fingerprint density at radius 2 is 1.50 bits per heavy atom. The molecule has 3 rings (SSSR count). The second-order valence-corrected chi connectivity index (χ2v) is 6.37. The lowest BCUT2D eigenvalue weighted by Crippen LogP contribution is -2.15. The van der Waals surface area contributed by atoms with Crippen molar-refractivity contribution >= 4 is 33.6 Å². The van der Waals surface area contributed by atoms with Gasteiger partial charge in [-0.05, 0) is 18.2 Å². The van der Waals surface area contributed by atoms with Gasteiger partial charge in [-0.3, -0.25) is 4.79 Å². The van der Waals surface area contributed by atoms with Gasteiger partial charge in [0, 0.05) is 21.2 Å². The normalized spacial score (nSPS) is 11.7. The van der Waals surface area contributed by atoms with Crippen molar-refractivity contribution in [1.29, 1.82) is 0 Å². The lowest BCUT2D eigenvalue weighted by molar-refractivity contribution is 0.106. The largest absolute Gasteiger partial charge is 0.507 e. The predicted molar refractivity (Wildman–Crippen MR) is 107 cm³/mol. The lowest BCUT2D eigenvalue weighted by atomic mass is 10.0. The van der Waals surface area contributed by atoms with Crippen molar-refractivity contribution in [3.05, 3.63) is 100 Å². The van der Waals surface area contributed by atoms with Crippen LogP contribution >= 0.6 is 15.9 Å². The van der Waals surface area contributed by atoms with Crippen molar-refractivity contribution in [2.75, 3.05) is 0 Å². The average molecular weight is 407 g/mol. The highest BCUT2D eigenvalue weighted by Gasteiger charge is 2.16. The fourth-order valence-electron chi connectivity index (χ4n) is 2.33. The van der Waals surface area contributed by atoms with Crippen LogP contribution in [-0.4, -0.2) is 22.8 Å². The Bertz CT molecular complexity index is 968. The second-order valence-electron chi connectivity index (χ2n) is 5.46. The zero-order valence-corrected chi connectivity index (χ0v) is 15.3. The van der Waals surface area contributed by atoms with Gasteiger partial charge >= 0.3 is 0 Å². The Morgan fingerprint density at radius 1 is 0.885 bits per heavy atom. The van der Waals surface area contributed by atoms with Crippen molar-refractivity contribution in [1.82, 2.24) is 0 Å². The second kappa shape index (κ2) is 8.36. The number of nitrogens with zero attached hydrogens (tertiary/aromatic N) is 2. The number of Topliss-reactive ketones (excluding diaryl/α,β-unsaturated/α-hetero) is 1. The number of carbonyl (C=O) groups excluding carboxylic acids is 1. The van der Waals surface area contributed by atoms with Crippen LogP contribution in [0.15, 0.2) is 93.5 Å². The summed E-state index contributed by atoms with van der Waals surface area (Å²) in [6.45, 7) is 0. The summed E-state index contributed by atoms with van der Waals surface area (Å²) >= 11 is 3.34. The van der Waals surface area contributed by atoms with Crippen LogP contribution in [0.4, 0.5) is 0 Å². The maximum atomic E-state index is 12.8. The number of halogens is 1.